The van der Waals surface area contributed by atoms with E-state index in [1.54, 1.807) is 6.07 Å². The number of amides is 1. The van der Waals surface area contributed by atoms with Crippen molar-refractivity contribution in [2.45, 2.75) is 26.4 Å². The van der Waals surface area contributed by atoms with Crippen LogP contribution in [0.5, 0.6) is 0 Å². The van der Waals surface area contributed by atoms with Gasteiger partial charge in [0.15, 0.2) is 0 Å². The lowest BCUT2D eigenvalue weighted by Crippen LogP contribution is -2.40. The summed E-state index contributed by atoms with van der Waals surface area (Å²) in [6.07, 6.45) is 0.765. The van der Waals surface area contributed by atoms with Gasteiger partial charge in [0, 0.05) is 46.0 Å². The highest BCUT2D eigenvalue weighted by Gasteiger charge is 2.25. The molecule has 6 nitrogen and oxygen atoms in total. The van der Waals surface area contributed by atoms with Gasteiger partial charge in [-0.3, -0.25) is 9.59 Å². The van der Waals surface area contributed by atoms with E-state index in [4.69, 9.17) is 0 Å². The number of para-hydroxylation sites is 1. The molecule has 2 aromatic heterocycles. The number of benzene rings is 2. The van der Waals surface area contributed by atoms with Gasteiger partial charge in [0.2, 0.25) is 5.91 Å². The predicted molar refractivity (Wildman–Crippen MR) is 116 cm³/mol. The lowest BCUT2D eigenvalue weighted by molar-refractivity contribution is -0.133. The van der Waals surface area contributed by atoms with Crippen molar-refractivity contribution in [2.75, 3.05) is 6.54 Å². The van der Waals surface area contributed by atoms with Gasteiger partial charge in [-0.15, -0.1) is 0 Å². The van der Waals surface area contributed by atoms with Crippen molar-refractivity contribution in [3.63, 3.8) is 0 Å². The van der Waals surface area contributed by atoms with E-state index in [0.717, 1.165) is 38.4 Å². The zero-order chi connectivity index (χ0) is 20.1. The number of rotatable bonds is 2. The molecule has 0 saturated heterocycles. The molecular weight excluding hydrogens is 432 g/mol. The van der Waals surface area contributed by atoms with Crippen LogP contribution in [0.15, 0.2) is 51.7 Å². The van der Waals surface area contributed by atoms with Crippen molar-refractivity contribution in [2.24, 2.45) is 0 Å². The summed E-state index contributed by atoms with van der Waals surface area (Å²) in [7, 11) is 0. The van der Waals surface area contributed by atoms with Crippen LogP contribution in [0, 0.1) is 6.92 Å². The topological polar surface area (TPSA) is 71.0 Å². The number of halogens is 1. The quantitative estimate of drug-likeness (QED) is 0.507. The number of nitrogens with zero attached hydrogens (tertiary/aromatic N) is 3. The Hall–Kier alpha value is -2.93. The van der Waals surface area contributed by atoms with E-state index in [1.807, 2.05) is 42.2 Å². The molecular formula is C22H19BrN4O2. The molecule has 0 radical (unpaired) electrons. The summed E-state index contributed by atoms with van der Waals surface area (Å²) in [5.74, 6) is -0.0933. The summed E-state index contributed by atoms with van der Waals surface area (Å²) in [5.41, 5.74) is 3.90. The summed E-state index contributed by atoms with van der Waals surface area (Å²) < 4.78 is 2.31. The minimum Gasteiger partial charge on any atom is -0.357 e. The van der Waals surface area contributed by atoms with Crippen LogP contribution < -0.4 is 5.56 Å². The van der Waals surface area contributed by atoms with Gasteiger partial charge >= 0.3 is 0 Å². The molecule has 0 saturated carbocycles. The van der Waals surface area contributed by atoms with Crippen LogP contribution >= 0.6 is 15.9 Å². The number of carbonyl (C=O) groups is 1. The summed E-state index contributed by atoms with van der Waals surface area (Å²) in [4.78, 5) is 31.1. The van der Waals surface area contributed by atoms with Crippen LogP contribution in [-0.2, 0) is 24.3 Å². The number of H-pyrrole nitrogens is 1. The van der Waals surface area contributed by atoms with Crippen molar-refractivity contribution in [3.05, 3.63) is 74.2 Å². The molecule has 0 bridgehead atoms. The maximum Gasteiger partial charge on any atom is 0.275 e. The molecule has 1 aliphatic heterocycles. The summed E-state index contributed by atoms with van der Waals surface area (Å²) in [6, 6.07) is 13.5. The van der Waals surface area contributed by atoms with Gasteiger partial charge in [-0.2, -0.15) is 5.10 Å². The monoisotopic (exact) mass is 450 g/mol. The Morgan fingerprint density at radius 2 is 1.90 bits per heavy atom. The maximum absolute atomic E-state index is 13.0. The van der Waals surface area contributed by atoms with Crippen molar-refractivity contribution in [1.29, 1.82) is 0 Å². The normalized spacial score (nSPS) is 13.8. The highest BCUT2D eigenvalue weighted by molar-refractivity contribution is 9.10. The van der Waals surface area contributed by atoms with Gasteiger partial charge < -0.3 is 9.88 Å². The van der Waals surface area contributed by atoms with E-state index >= 15 is 0 Å². The number of aromatic amines is 1. The van der Waals surface area contributed by atoms with Crippen LogP contribution in [-0.4, -0.2) is 32.1 Å². The molecule has 0 atom stereocenters. The second kappa shape index (κ2) is 6.84. The number of aromatic nitrogens is 3. The van der Waals surface area contributed by atoms with Crippen LogP contribution in [0.1, 0.15) is 17.0 Å². The van der Waals surface area contributed by atoms with Crippen molar-refractivity contribution < 1.29 is 4.79 Å². The average Bonchev–Trinajstić information content (AvgIpc) is 3.11. The van der Waals surface area contributed by atoms with Crippen molar-refractivity contribution in [3.8, 4) is 0 Å². The van der Waals surface area contributed by atoms with E-state index < -0.39 is 0 Å². The molecule has 7 heteroatoms. The molecule has 5 rings (SSSR count). The van der Waals surface area contributed by atoms with Gasteiger partial charge in [-0.05, 0) is 35.0 Å². The van der Waals surface area contributed by atoms with Crippen LogP contribution in [0.4, 0.5) is 0 Å². The molecule has 4 aromatic rings. The Balaban J connectivity index is 1.45. The molecule has 146 valence electrons. The third-order valence-corrected chi connectivity index (χ3v) is 6.31. The van der Waals surface area contributed by atoms with Crippen molar-refractivity contribution >= 4 is 43.5 Å². The van der Waals surface area contributed by atoms with Gasteiger partial charge in [0.25, 0.3) is 5.56 Å². The Bertz CT molecular complexity index is 1340. The zero-order valence-electron chi connectivity index (χ0n) is 15.9. The molecule has 1 aliphatic rings. The van der Waals surface area contributed by atoms with E-state index in [1.165, 1.54) is 10.4 Å². The highest BCUT2D eigenvalue weighted by Crippen LogP contribution is 2.31. The number of hydrogen-bond acceptors (Lipinski definition) is 3. The molecule has 0 spiro atoms. The van der Waals surface area contributed by atoms with Gasteiger partial charge in [0.1, 0.15) is 6.54 Å². The van der Waals surface area contributed by atoms with Crippen molar-refractivity contribution in [1.82, 2.24) is 19.7 Å². The van der Waals surface area contributed by atoms with Gasteiger partial charge in [-0.1, -0.05) is 30.3 Å². The molecule has 0 unspecified atom stereocenters. The summed E-state index contributed by atoms with van der Waals surface area (Å²) in [5, 5.41) is 6.92. The zero-order valence-corrected chi connectivity index (χ0v) is 17.5. The Morgan fingerprint density at radius 3 is 2.72 bits per heavy atom. The fourth-order valence-corrected chi connectivity index (χ4v) is 4.62. The first-order valence-electron chi connectivity index (χ1n) is 9.55. The highest BCUT2D eigenvalue weighted by atomic mass is 79.9. The first kappa shape index (κ1) is 18.1. The number of nitrogens with one attached hydrogen (secondary N) is 1. The van der Waals surface area contributed by atoms with Crippen LogP contribution in [0.2, 0.25) is 0 Å². The predicted octanol–water partition coefficient (Wildman–Crippen LogP) is 3.53. The Kier molecular flexibility index (Phi) is 4.28. The largest absolute Gasteiger partial charge is 0.357 e. The van der Waals surface area contributed by atoms with E-state index in [2.05, 4.69) is 32.1 Å². The Morgan fingerprint density at radius 1 is 1.14 bits per heavy atom. The van der Waals surface area contributed by atoms with Crippen LogP contribution in [0.25, 0.3) is 21.7 Å². The smallest absolute Gasteiger partial charge is 0.275 e. The number of hydrogen-bond donors (Lipinski definition) is 1. The number of fused-ring (bicyclic) bond motifs is 4. The first-order chi connectivity index (χ1) is 14.0. The molecule has 29 heavy (non-hydrogen) atoms. The van der Waals surface area contributed by atoms with Crippen LogP contribution in [0.3, 0.4) is 0 Å². The number of carbonyl (C=O) groups excluding carboxylic acids is 1. The second-order valence-electron chi connectivity index (χ2n) is 7.40. The van der Waals surface area contributed by atoms with E-state index in [9.17, 15) is 9.59 Å². The minimum atomic E-state index is -0.228. The third-order valence-electron chi connectivity index (χ3n) is 5.65. The molecule has 2 aromatic carbocycles. The SMILES string of the molecule is Cc1nn(CC(=O)N2CCc3[nH]c4c(Br)cccc4c3C2)c(=O)c2ccccc12. The second-order valence-corrected chi connectivity index (χ2v) is 8.26. The average molecular weight is 451 g/mol. The molecule has 0 aliphatic carbocycles. The molecule has 3 heterocycles. The summed E-state index contributed by atoms with van der Waals surface area (Å²) in [6.45, 7) is 2.97. The fourth-order valence-electron chi connectivity index (χ4n) is 4.15. The molecule has 1 amide bonds. The number of aryl methyl sites for hydroxylation is 1. The molecule has 0 fully saturated rings. The van der Waals surface area contributed by atoms with Gasteiger partial charge in [-0.25, -0.2) is 4.68 Å². The van der Waals surface area contributed by atoms with Gasteiger partial charge in [0.05, 0.1) is 16.6 Å². The van der Waals surface area contributed by atoms with E-state index in [0.29, 0.717) is 18.5 Å². The fraction of sp³-hybridized carbons (Fsp3) is 0.227. The Labute approximate surface area is 175 Å². The lowest BCUT2D eigenvalue weighted by Gasteiger charge is -2.27. The van der Waals surface area contributed by atoms with E-state index in [-0.39, 0.29) is 18.0 Å². The minimum absolute atomic E-state index is 0.0497. The summed E-state index contributed by atoms with van der Waals surface area (Å²) >= 11 is 3.59. The standard InChI is InChI=1S/C22H19BrN4O2/c1-13-14-5-2-3-6-16(14)22(29)27(25-13)12-20(28)26-10-9-19-17(11-26)15-7-4-8-18(23)21(15)24-19/h2-8,24H,9-12H2,1H3. The first-order valence-corrected chi connectivity index (χ1v) is 10.3. The maximum atomic E-state index is 13.0. The lowest BCUT2D eigenvalue weighted by atomic mass is 10.0. The molecule has 1 N–H and O–H groups in total. The third kappa shape index (κ3) is 2.97.